The molecular weight excluding hydrogens is 382 g/mol. The van der Waals surface area contributed by atoms with Gasteiger partial charge >= 0.3 is 0 Å². The van der Waals surface area contributed by atoms with E-state index in [9.17, 15) is 15.0 Å². The van der Waals surface area contributed by atoms with E-state index in [4.69, 9.17) is 5.73 Å². The number of rotatable bonds is 5. The highest BCUT2D eigenvalue weighted by molar-refractivity contribution is 8.79. The molecule has 2 rings (SSSR count). The highest BCUT2D eigenvalue weighted by Crippen LogP contribution is 2.42. The van der Waals surface area contributed by atoms with Crippen LogP contribution in [0.5, 0.6) is 0 Å². The predicted octanol–water partition coefficient (Wildman–Crippen LogP) is 5.86. The quantitative estimate of drug-likeness (QED) is 0.265. The zero-order chi connectivity index (χ0) is 20.4. The van der Waals surface area contributed by atoms with Gasteiger partial charge in [0, 0.05) is 21.3 Å². The van der Waals surface area contributed by atoms with Crippen LogP contribution < -0.4 is 5.73 Å². The molecule has 0 heterocycles. The van der Waals surface area contributed by atoms with E-state index in [-0.39, 0.29) is 16.0 Å². The molecule has 0 fully saturated rings. The van der Waals surface area contributed by atoms with Crippen molar-refractivity contribution in [2.24, 2.45) is 16.3 Å². The zero-order valence-corrected chi connectivity index (χ0v) is 17.6. The molecule has 0 aromatic heterocycles. The molecule has 2 aliphatic carbocycles. The summed E-state index contributed by atoms with van der Waals surface area (Å²) in [5, 5.41) is 14.0. The van der Waals surface area contributed by atoms with E-state index in [0.717, 1.165) is 21.9 Å². The van der Waals surface area contributed by atoms with Gasteiger partial charge in [0.05, 0.1) is 11.3 Å². The van der Waals surface area contributed by atoms with Crippen molar-refractivity contribution >= 4 is 21.6 Å². The fourth-order valence-electron chi connectivity index (χ4n) is 2.30. The fourth-order valence-corrected chi connectivity index (χ4v) is 4.54. The summed E-state index contributed by atoms with van der Waals surface area (Å²) < 4.78 is 0. The van der Waals surface area contributed by atoms with Crippen molar-refractivity contribution in [1.29, 1.82) is 0 Å². The standard InChI is InChI=1S/C17H18N2O3S2.C2H7N/c1-12-8-14(19(21)22)5-7-15(9-12)23-24-16-6-4-13(18-20)10-17(2,3)11-16;1-2-3/h4-7,9-11H,8H2,1-3H3;2-3H2,1H3. The normalized spacial score (nSPS) is 18.3. The van der Waals surface area contributed by atoms with Crippen LogP contribution in [0.15, 0.2) is 74.5 Å². The average Bonchev–Trinajstić information content (AvgIpc) is 2.86. The SMILES string of the molecule is CC1=CC(SSC2=CC(C)(C)C=C(N=O)C=C2)=CC=C([N+](=O)[O-])C1.CCN. The maximum absolute atomic E-state index is 10.9. The van der Waals surface area contributed by atoms with Crippen molar-refractivity contribution in [2.75, 3.05) is 6.54 Å². The molecule has 0 aliphatic heterocycles. The van der Waals surface area contributed by atoms with Crippen LogP contribution >= 0.6 is 21.6 Å². The molecule has 0 spiro atoms. The Morgan fingerprint density at radius 1 is 1.22 bits per heavy atom. The first kappa shape index (κ1) is 23.1. The molecule has 0 atom stereocenters. The van der Waals surface area contributed by atoms with Gasteiger partial charge in [-0.05, 0) is 49.0 Å². The van der Waals surface area contributed by atoms with Crippen LogP contribution in [-0.2, 0) is 0 Å². The number of nitrogens with two attached hydrogens (primary N) is 1. The van der Waals surface area contributed by atoms with Crippen molar-refractivity contribution in [3.8, 4) is 0 Å². The average molecular weight is 408 g/mol. The summed E-state index contributed by atoms with van der Waals surface area (Å²) in [5.74, 6) is 0. The summed E-state index contributed by atoms with van der Waals surface area (Å²) >= 11 is 0. The molecule has 0 radical (unpaired) electrons. The van der Waals surface area contributed by atoms with Gasteiger partial charge in [-0.25, -0.2) is 0 Å². The van der Waals surface area contributed by atoms with Gasteiger partial charge < -0.3 is 5.73 Å². The maximum Gasteiger partial charge on any atom is 0.250 e. The lowest BCUT2D eigenvalue weighted by Crippen LogP contribution is -2.02. The van der Waals surface area contributed by atoms with Gasteiger partial charge in [0.15, 0.2) is 0 Å². The summed E-state index contributed by atoms with van der Waals surface area (Å²) in [4.78, 5) is 23.4. The lowest BCUT2D eigenvalue weighted by Gasteiger charge is -2.15. The highest BCUT2D eigenvalue weighted by atomic mass is 33.1. The molecule has 146 valence electrons. The Kier molecular flexibility index (Phi) is 9.48. The molecule has 0 aromatic carbocycles. The van der Waals surface area contributed by atoms with Crippen LogP contribution in [0.1, 0.15) is 34.1 Å². The van der Waals surface area contributed by atoms with Crippen LogP contribution in [0.25, 0.3) is 0 Å². The summed E-state index contributed by atoms with van der Waals surface area (Å²) in [7, 11) is 3.09. The van der Waals surface area contributed by atoms with Gasteiger partial charge in [-0.3, -0.25) is 10.1 Å². The van der Waals surface area contributed by atoms with Crippen molar-refractivity contribution in [3.63, 3.8) is 0 Å². The minimum atomic E-state index is -0.340. The number of nitroso groups, excluding NO2 is 1. The van der Waals surface area contributed by atoms with Crippen molar-refractivity contribution in [1.82, 2.24) is 0 Å². The Morgan fingerprint density at radius 2 is 1.85 bits per heavy atom. The Morgan fingerprint density at radius 3 is 2.44 bits per heavy atom. The fraction of sp³-hybridized carbons (Fsp3) is 0.368. The summed E-state index contributed by atoms with van der Waals surface area (Å²) in [6, 6.07) is 0. The first-order chi connectivity index (χ1) is 12.7. The van der Waals surface area contributed by atoms with Gasteiger partial charge in [-0.1, -0.05) is 54.0 Å². The number of nitro groups is 1. The number of allylic oxidation sites excluding steroid dienone is 8. The maximum atomic E-state index is 10.9. The number of nitrogens with zero attached hydrogens (tertiary/aromatic N) is 2. The molecule has 0 saturated carbocycles. The number of hydrogen-bond acceptors (Lipinski definition) is 7. The van der Waals surface area contributed by atoms with E-state index in [1.807, 2.05) is 45.9 Å². The monoisotopic (exact) mass is 407 g/mol. The minimum absolute atomic E-state index is 0.199. The lowest BCUT2D eigenvalue weighted by molar-refractivity contribution is -0.426. The molecule has 0 amide bonds. The largest absolute Gasteiger partial charge is 0.331 e. The van der Waals surface area contributed by atoms with E-state index in [0.29, 0.717) is 12.1 Å². The Balaban J connectivity index is 0.00000114. The van der Waals surface area contributed by atoms with Crippen LogP contribution in [0.3, 0.4) is 0 Å². The molecule has 6 nitrogen and oxygen atoms in total. The van der Waals surface area contributed by atoms with Crippen LogP contribution in [0, 0.1) is 20.4 Å². The van der Waals surface area contributed by atoms with Gasteiger partial charge in [0.1, 0.15) is 5.70 Å². The van der Waals surface area contributed by atoms with Crippen LogP contribution in [-0.4, -0.2) is 11.5 Å². The van der Waals surface area contributed by atoms with E-state index >= 15 is 0 Å². The highest BCUT2D eigenvalue weighted by Gasteiger charge is 2.18. The third-order valence-electron chi connectivity index (χ3n) is 3.32. The Hall–Kier alpha value is -1.90. The van der Waals surface area contributed by atoms with Crippen molar-refractivity contribution in [2.45, 2.75) is 34.1 Å². The second kappa shape index (κ2) is 11.1. The predicted molar refractivity (Wildman–Crippen MR) is 116 cm³/mol. The lowest BCUT2D eigenvalue weighted by atomic mass is 9.92. The number of hydrogen-bond donors (Lipinski definition) is 1. The van der Waals surface area contributed by atoms with E-state index in [1.165, 1.54) is 10.8 Å². The summed E-state index contributed by atoms with van der Waals surface area (Å²) in [6.07, 6.45) is 13.1. The van der Waals surface area contributed by atoms with Crippen molar-refractivity contribution < 1.29 is 4.92 Å². The smallest absolute Gasteiger partial charge is 0.250 e. The molecular formula is C19H25N3O3S2. The summed E-state index contributed by atoms with van der Waals surface area (Å²) in [6.45, 7) is 8.57. The van der Waals surface area contributed by atoms with Gasteiger partial charge in [0.25, 0.3) is 0 Å². The molecule has 8 heteroatoms. The third-order valence-corrected chi connectivity index (χ3v) is 5.70. The van der Waals surface area contributed by atoms with Gasteiger partial charge in [0.2, 0.25) is 5.70 Å². The molecule has 0 aromatic rings. The molecule has 2 N–H and O–H groups in total. The third kappa shape index (κ3) is 8.55. The first-order valence-electron chi connectivity index (χ1n) is 8.45. The first-order valence-corrected chi connectivity index (χ1v) is 10.6. The molecule has 2 aliphatic rings. The summed E-state index contributed by atoms with van der Waals surface area (Å²) in [5.41, 5.74) is 6.15. The van der Waals surface area contributed by atoms with Crippen LogP contribution in [0.2, 0.25) is 0 Å². The van der Waals surface area contributed by atoms with E-state index < -0.39 is 0 Å². The van der Waals surface area contributed by atoms with Gasteiger partial charge in [-0.15, -0.1) is 4.91 Å². The second-order valence-corrected chi connectivity index (χ2v) is 8.86. The zero-order valence-electron chi connectivity index (χ0n) is 16.0. The molecule has 0 bridgehead atoms. The van der Waals surface area contributed by atoms with Gasteiger partial charge in [-0.2, -0.15) is 0 Å². The van der Waals surface area contributed by atoms with E-state index in [2.05, 4.69) is 11.3 Å². The van der Waals surface area contributed by atoms with E-state index in [1.54, 1.807) is 29.0 Å². The Bertz CT molecular complexity index is 760. The van der Waals surface area contributed by atoms with Crippen LogP contribution in [0.4, 0.5) is 0 Å². The molecule has 0 saturated heterocycles. The second-order valence-electron chi connectivity index (χ2n) is 6.59. The molecule has 0 unspecified atom stereocenters. The topological polar surface area (TPSA) is 98.6 Å². The molecule has 27 heavy (non-hydrogen) atoms. The van der Waals surface area contributed by atoms with Crippen molar-refractivity contribution in [3.05, 3.63) is 84.3 Å². The minimum Gasteiger partial charge on any atom is -0.331 e. The Labute approximate surface area is 167 Å².